The Kier molecular flexibility index (Phi) is 6.33. The third-order valence-corrected chi connectivity index (χ3v) is 4.31. The molecule has 1 aromatic heterocycles. The quantitative estimate of drug-likeness (QED) is 0.775. The standard InChI is InChI=1S/C15H28N2S/c1-6-8-16-13(2)15(3,4)12-17(5)10-14-7-9-18-11-14/h7,9,11,13,16H,6,8,10,12H2,1-5H3. The van der Waals surface area contributed by atoms with Crippen molar-refractivity contribution in [1.29, 1.82) is 0 Å². The molecule has 1 aromatic rings. The molecule has 104 valence electrons. The first-order valence-electron chi connectivity index (χ1n) is 6.88. The lowest BCUT2D eigenvalue weighted by Crippen LogP contribution is -2.46. The van der Waals surface area contributed by atoms with Gasteiger partial charge in [0.2, 0.25) is 0 Å². The van der Waals surface area contributed by atoms with E-state index in [4.69, 9.17) is 0 Å². The molecular weight excluding hydrogens is 240 g/mol. The van der Waals surface area contributed by atoms with Gasteiger partial charge in [0.1, 0.15) is 0 Å². The van der Waals surface area contributed by atoms with Gasteiger partial charge in [0.05, 0.1) is 0 Å². The fourth-order valence-electron chi connectivity index (χ4n) is 2.22. The summed E-state index contributed by atoms with van der Waals surface area (Å²) in [6, 6.07) is 2.76. The number of rotatable bonds is 8. The van der Waals surface area contributed by atoms with Crippen LogP contribution >= 0.6 is 11.3 Å². The van der Waals surface area contributed by atoms with Crippen LogP contribution in [0.1, 0.15) is 39.7 Å². The van der Waals surface area contributed by atoms with Gasteiger partial charge in [-0.2, -0.15) is 11.3 Å². The topological polar surface area (TPSA) is 15.3 Å². The van der Waals surface area contributed by atoms with Crippen molar-refractivity contribution in [2.24, 2.45) is 5.41 Å². The summed E-state index contributed by atoms with van der Waals surface area (Å²) < 4.78 is 0. The first-order chi connectivity index (χ1) is 8.45. The maximum Gasteiger partial charge on any atom is 0.0239 e. The molecule has 0 saturated heterocycles. The fraction of sp³-hybridized carbons (Fsp3) is 0.733. The van der Waals surface area contributed by atoms with Gasteiger partial charge >= 0.3 is 0 Å². The smallest absolute Gasteiger partial charge is 0.0239 e. The van der Waals surface area contributed by atoms with Crippen molar-refractivity contribution in [3.05, 3.63) is 22.4 Å². The number of hydrogen-bond acceptors (Lipinski definition) is 3. The van der Waals surface area contributed by atoms with E-state index in [1.165, 1.54) is 12.0 Å². The van der Waals surface area contributed by atoms with Crippen LogP contribution in [0.15, 0.2) is 16.8 Å². The largest absolute Gasteiger partial charge is 0.314 e. The summed E-state index contributed by atoms with van der Waals surface area (Å²) >= 11 is 1.78. The Bertz CT molecular complexity index is 319. The molecule has 1 heterocycles. The van der Waals surface area contributed by atoms with Crippen LogP contribution in [0, 0.1) is 5.41 Å². The van der Waals surface area contributed by atoms with Crippen LogP contribution in [0.4, 0.5) is 0 Å². The molecule has 0 amide bonds. The lowest BCUT2D eigenvalue weighted by Gasteiger charge is -2.36. The number of thiophene rings is 1. The average molecular weight is 268 g/mol. The Labute approximate surface area is 116 Å². The van der Waals surface area contributed by atoms with Crippen LogP contribution in [0.3, 0.4) is 0 Å². The minimum Gasteiger partial charge on any atom is -0.314 e. The van der Waals surface area contributed by atoms with Crippen molar-refractivity contribution in [1.82, 2.24) is 10.2 Å². The van der Waals surface area contributed by atoms with E-state index in [1.807, 2.05) is 0 Å². The highest BCUT2D eigenvalue weighted by atomic mass is 32.1. The lowest BCUT2D eigenvalue weighted by molar-refractivity contribution is 0.160. The summed E-state index contributed by atoms with van der Waals surface area (Å²) in [4.78, 5) is 2.42. The summed E-state index contributed by atoms with van der Waals surface area (Å²) in [5, 5.41) is 8.00. The zero-order valence-corrected chi connectivity index (χ0v) is 13.3. The van der Waals surface area contributed by atoms with Gasteiger partial charge in [-0.3, -0.25) is 0 Å². The Morgan fingerprint density at radius 3 is 2.72 bits per heavy atom. The van der Waals surface area contributed by atoms with E-state index in [0.717, 1.165) is 19.6 Å². The summed E-state index contributed by atoms with van der Waals surface area (Å²) in [6.07, 6.45) is 1.20. The molecule has 1 unspecified atom stereocenters. The van der Waals surface area contributed by atoms with Crippen molar-refractivity contribution in [2.75, 3.05) is 20.1 Å². The molecule has 2 nitrogen and oxygen atoms in total. The fourth-order valence-corrected chi connectivity index (χ4v) is 2.88. The molecule has 0 fully saturated rings. The van der Waals surface area contributed by atoms with Crippen LogP contribution in [0.2, 0.25) is 0 Å². The van der Waals surface area contributed by atoms with Gasteiger partial charge in [0.25, 0.3) is 0 Å². The maximum atomic E-state index is 3.61. The van der Waals surface area contributed by atoms with Gasteiger partial charge in [-0.15, -0.1) is 0 Å². The first-order valence-corrected chi connectivity index (χ1v) is 7.83. The van der Waals surface area contributed by atoms with Crippen LogP contribution < -0.4 is 5.32 Å². The van der Waals surface area contributed by atoms with E-state index >= 15 is 0 Å². The second kappa shape index (κ2) is 7.27. The molecule has 0 aliphatic carbocycles. The predicted molar refractivity (Wildman–Crippen MR) is 82.2 cm³/mol. The van der Waals surface area contributed by atoms with E-state index < -0.39 is 0 Å². The number of hydrogen-bond donors (Lipinski definition) is 1. The summed E-state index contributed by atoms with van der Waals surface area (Å²) in [7, 11) is 2.21. The van der Waals surface area contributed by atoms with Crippen LogP contribution in [0.5, 0.6) is 0 Å². The molecule has 1 N–H and O–H groups in total. The van der Waals surface area contributed by atoms with Gasteiger partial charge in [-0.1, -0.05) is 20.8 Å². The van der Waals surface area contributed by atoms with Gasteiger partial charge in [-0.05, 0) is 54.7 Å². The molecular formula is C15H28N2S. The highest BCUT2D eigenvalue weighted by molar-refractivity contribution is 7.07. The normalized spacial score (nSPS) is 14.1. The van der Waals surface area contributed by atoms with Crippen molar-refractivity contribution < 1.29 is 0 Å². The van der Waals surface area contributed by atoms with E-state index in [2.05, 4.69) is 61.8 Å². The van der Waals surface area contributed by atoms with Crippen LogP contribution in [0.25, 0.3) is 0 Å². The molecule has 0 aliphatic heterocycles. The SMILES string of the molecule is CCCNC(C)C(C)(C)CN(C)Cc1ccsc1. The molecule has 0 bridgehead atoms. The molecule has 0 spiro atoms. The maximum absolute atomic E-state index is 3.61. The Morgan fingerprint density at radius 1 is 1.44 bits per heavy atom. The zero-order chi connectivity index (χ0) is 13.6. The lowest BCUT2D eigenvalue weighted by atomic mass is 9.84. The molecule has 0 radical (unpaired) electrons. The van der Waals surface area contributed by atoms with Crippen LogP contribution in [-0.2, 0) is 6.54 Å². The summed E-state index contributed by atoms with van der Waals surface area (Å²) in [5.74, 6) is 0. The average Bonchev–Trinajstić information content (AvgIpc) is 2.77. The number of nitrogens with zero attached hydrogens (tertiary/aromatic N) is 1. The molecule has 1 atom stereocenters. The van der Waals surface area contributed by atoms with Crippen LogP contribution in [-0.4, -0.2) is 31.1 Å². The van der Waals surface area contributed by atoms with Crippen molar-refractivity contribution >= 4 is 11.3 Å². The zero-order valence-electron chi connectivity index (χ0n) is 12.5. The highest BCUT2D eigenvalue weighted by Crippen LogP contribution is 2.22. The molecule has 0 aliphatic rings. The Balaban J connectivity index is 2.43. The van der Waals surface area contributed by atoms with E-state index in [1.54, 1.807) is 11.3 Å². The van der Waals surface area contributed by atoms with Crippen molar-refractivity contribution in [2.45, 2.75) is 46.7 Å². The van der Waals surface area contributed by atoms with Gasteiger partial charge in [0.15, 0.2) is 0 Å². The third kappa shape index (κ3) is 5.09. The predicted octanol–water partition coefficient (Wildman–Crippen LogP) is 3.59. The van der Waals surface area contributed by atoms with Gasteiger partial charge in [0, 0.05) is 19.1 Å². The van der Waals surface area contributed by atoms with Gasteiger partial charge < -0.3 is 10.2 Å². The highest BCUT2D eigenvalue weighted by Gasteiger charge is 2.26. The second-order valence-electron chi connectivity index (χ2n) is 5.97. The Hall–Kier alpha value is -0.380. The monoisotopic (exact) mass is 268 g/mol. The molecule has 1 rings (SSSR count). The first kappa shape index (κ1) is 15.7. The molecule has 0 aromatic carbocycles. The van der Waals surface area contributed by atoms with E-state index in [9.17, 15) is 0 Å². The molecule has 3 heteroatoms. The van der Waals surface area contributed by atoms with E-state index in [0.29, 0.717) is 11.5 Å². The molecule has 18 heavy (non-hydrogen) atoms. The third-order valence-electron chi connectivity index (χ3n) is 3.58. The minimum atomic E-state index is 0.292. The number of nitrogens with one attached hydrogen (secondary N) is 1. The van der Waals surface area contributed by atoms with Gasteiger partial charge in [-0.25, -0.2) is 0 Å². The van der Waals surface area contributed by atoms with Crippen molar-refractivity contribution in [3.63, 3.8) is 0 Å². The van der Waals surface area contributed by atoms with Crippen molar-refractivity contribution in [3.8, 4) is 0 Å². The second-order valence-corrected chi connectivity index (χ2v) is 6.75. The summed E-state index contributed by atoms with van der Waals surface area (Å²) in [5.41, 5.74) is 1.72. The summed E-state index contributed by atoms with van der Waals surface area (Å²) in [6.45, 7) is 12.5. The van der Waals surface area contributed by atoms with E-state index in [-0.39, 0.29) is 0 Å². The minimum absolute atomic E-state index is 0.292. The molecule has 0 saturated carbocycles. The Morgan fingerprint density at radius 2 is 2.17 bits per heavy atom.